The molecule has 1 aromatic heterocycles. The van der Waals surface area contributed by atoms with E-state index < -0.39 is 16.0 Å². The molecule has 0 saturated carbocycles. The number of aromatic nitrogens is 2. The van der Waals surface area contributed by atoms with Gasteiger partial charge in [0.1, 0.15) is 5.82 Å². The van der Waals surface area contributed by atoms with Crippen LogP contribution in [0.1, 0.15) is 10.4 Å². The summed E-state index contributed by atoms with van der Waals surface area (Å²) in [5.74, 6) is 0.498. The van der Waals surface area contributed by atoms with Crippen LogP contribution in [0.4, 0.5) is 11.8 Å². The number of nitrogens with two attached hydrogens (primary N) is 1. The normalized spacial score (nSPS) is 14.9. The predicted molar refractivity (Wildman–Crippen MR) is 121 cm³/mol. The number of ether oxygens (including phenoxy) is 2. The van der Waals surface area contributed by atoms with Crippen molar-refractivity contribution in [3.05, 3.63) is 42.0 Å². The summed E-state index contributed by atoms with van der Waals surface area (Å²) in [6, 6.07) is 8.75. The number of carbonyl (C=O) groups is 1. The molecule has 0 amide bonds. The molecule has 174 valence electrons. The van der Waals surface area contributed by atoms with Crippen LogP contribution in [0.25, 0.3) is 10.9 Å². The summed E-state index contributed by atoms with van der Waals surface area (Å²) >= 11 is 0. The number of anilines is 2. The van der Waals surface area contributed by atoms with E-state index >= 15 is 0 Å². The number of fused-ring (bicyclic) bond motifs is 1. The van der Waals surface area contributed by atoms with Gasteiger partial charge in [-0.1, -0.05) is 6.07 Å². The highest BCUT2D eigenvalue weighted by Gasteiger charge is 2.30. The molecule has 12 heteroatoms. The van der Waals surface area contributed by atoms with E-state index in [2.05, 4.69) is 9.97 Å². The van der Waals surface area contributed by atoms with Crippen LogP contribution in [0.5, 0.6) is 11.5 Å². The molecule has 0 spiro atoms. The fourth-order valence-electron chi connectivity index (χ4n) is 3.68. The number of piperazine rings is 1. The van der Waals surface area contributed by atoms with Crippen molar-refractivity contribution in [3.63, 3.8) is 0 Å². The summed E-state index contributed by atoms with van der Waals surface area (Å²) in [6.45, 7) is 1.06. The Morgan fingerprint density at radius 3 is 2.33 bits per heavy atom. The van der Waals surface area contributed by atoms with E-state index in [1.54, 1.807) is 12.1 Å². The topological polar surface area (TPSA) is 148 Å². The predicted octanol–water partition coefficient (Wildman–Crippen LogP) is 1.44. The Kier molecular flexibility index (Phi) is 5.95. The van der Waals surface area contributed by atoms with E-state index in [0.29, 0.717) is 41.4 Å². The molecule has 11 nitrogen and oxygen atoms in total. The molecule has 2 heterocycles. The molecule has 0 bridgehead atoms. The first-order chi connectivity index (χ1) is 15.7. The minimum absolute atomic E-state index is 0.0527. The average molecular weight is 474 g/mol. The molecule has 0 atom stereocenters. The van der Waals surface area contributed by atoms with E-state index in [0.717, 1.165) is 0 Å². The molecule has 1 aliphatic heterocycles. The lowest BCUT2D eigenvalue weighted by Gasteiger charge is -2.34. The van der Waals surface area contributed by atoms with Crippen molar-refractivity contribution in [1.82, 2.24) is 14.3 Å². The molecular formula is C21H23N5O6S. The van der Waals surface area contributed by atoms with Crippen LogP contribution in [0.2, 0.25) is 0 Å². The van der Waals surface area contributed by atoms with Gasteiger partial charge in [0.05, 0.1) is 30.2 Å². The van der Waals surface area contributed by atoms with Crippen LogP contribution in [0.3, 0.4) is 0 Å². The summed E-state index contributed by atoms with van der Waals surface area (Å²) in [5.41, 5.74) is 6.66. The van der Waals surface area contributed by atoms with E-state index in [1.165, 1.54) is 42.8 Å². The van der Waals surface area contributed by atoms with Crippen LogP contribution >= 0.6 is 0 Å². The SMILES string of the molecule is COc1cc2nc(N3CCN(S(=O)(=O)c4cccc(C(=O)O)c4)CC3)nc(N)c2cc1OC. The number of aromatic carboxylic acids is 1. The molecule has 0 radical (unpaired) electrons. The number of carboxylic acids is 1. The van der Waals surface area contributed by atoms with Crippen molar-refractivity contribution in [3.8, 4) is 11.5 Å². The summed E-state index contributed by atoms with van der Waals surface area (Å²) in [4.78, 5) is 22.0. The Labute approximate surface area is 190 Å². The van der Waals surface area contributed by atoms with Gasteiger partial charge in [-0.05, 0) is 24.3 Å². The van der Waals surface area contributed by atoms with Gasteiger partial charge in [-0.15, -0.1) is 0 Å². The number of hydrogen-bond acceptors (Lipinski definition) is 9. The van der Waals surface area contributed by atoms with Gasteiger partial charge in [-0.3, -0.25) is 0 Å². The second kappa shape index (κ2) is 8.71. The van der Waals surface area contributed by atoms with Gasteiger partial charge in [-0.2, -0.15) is 9.29 Å². The molecule has 1 fully saturated rings. The third-order valence-electron chi connectivity index (χ3n) is 5.46. The van der Waals surface area contributed by atoms with Crippen LogP contribution in [-0.2, 0) is 10.0 Å². The first-order valence-corrected chi connectivity index (χ1v) is 11.5. The number of rotatable bonds is 6. The van der Waals surface area contributed by atoms with Crippen molar-refractivity contribution < 1.29 is 27.8 Å². The van der Waals surface area contributed by atoms with Gasteiger partial charge in [0.25, 0.3) is 0 Å². The maximum Gasteiger partial charge on any atom is 0.335 e. The minimum atomic E-state index is -3.84. The molecule has 0 aliphatic carbocycles. The minimum Gasteiger partial charge on any atom is -0.493 e. The highest BCUT2D eigenvalue weighted by Crippen LogP contribution is 2.34. The van der Waals surface area contributed by atoms with Crippen molar-refractivity contribution in [2.45, 2.75) is 4.90 Å². The lowest BCUT2D eigenvalue weighted by molar-refractivity contribution is 0.0696. The molecule has 3 N–H and O–H groups in total. The van der Waals surface area contributed by atoms with Crippen molar-refractivity contribution in [2.24, 2.45) is 0 Å². The van der Waals surface area contributed by atoms with Gasteiger partial charge >= 0.3 is 5.97 Å². The Hall–Kier alpha value is -3.64. The van der Waals surface area contributed by atoms with Crippen molar-refractivity contribution >= 4 is 38.7 Å². The van der Waals surface area contributed by atoms with Crippen LogP contribution in [-0.4, -0.2) is 74.2 Å². The number of methoxy groups -OCH3 is 2. The lowest BCUT2D eigenvalue weighted by Crippen LogP contribution is -2.49. The average Bonchev–Trinajstić information content (AvgIpc) is 2.83. The molecule has 1 saturated heterocycles. The first-order valence-electron chi connectivity index (χ1n) is 10.0. The Bertz CT molecular complexity index is 1320. The zero-order valence-electron chi connectivity index (χ0n) is 18.1. The van der Waals surface area contributed by atoms with Gasteiger partial charge in [0.2, 0.25) is 16.0 Å². The van der Waals surface area contributed by atoms with E-state index in [9.17, 15) is 13.2 Å². The molecule has 1 aliphatic rings. The second-order valence-corrected chi connectivity index (χ2v) is 9.30. The second-order valence-electron chi connectivity index (χ2n) is 7.36. The highest BCUT2D eigenvalue weighted by atomic mass is 32.2. The number of sulfonamides is 1. The molecule has 0 unspecified atom stereocenters. The summed E-state index contributed by atoms with van der Waals surface area (Å²) in [7, 11) is -0.779. The zero-order chi connectivity index (χ0) is 23.8. The molecule has 33 heavy (non-hydrogen) atoms. The lowest BCUT2D eigenvalue weighted by atomic mass is 10.2. The highest BCUT2D eigenvalue weighted by molar-refractivity contribution is 7.89. The van der Waals surface area contributed by atoms with Gasteiger partial charge in [-0.25, -0.2) is 18.2 Å². The quantitative estimate of drug-likeness (QED) is 0.539. The molecular weight excluding hydrogens is 450 g/mol. The maximum absolute atomic E-state index is 13.0. The summed E-state index contributed by atoms with van der Waals surface area (Å²) in [5, 5.41) is 9.77. The first kappa shape index (κ1) is 22.6. The van der Waals surface area contributed by atoms with Crippen molar-refractivity contribution in [2.75, 3.05) is 51.0 Å². The van der Waals surface area contributed by atoms with Crippen LogP contribution in [0, 0.1) is 0 Å². The largest absolute Gasteiger partial charge is 0.493 e. The van der Waals surface area contributed by atoms with E-state index in [1.807, 2.05) is 4.90 Å². The number of nitrogen functional groups attached to an aromatic ring is 1. The number of nitrogens with zero attached hydrogens (tertiary/aromatic N) is 4. The molecule has 4 rings (SSSR count). The third-order valence-corrected chi connectivity index (χ3v) is 7.35. The van der Waals surface area contributed by atoms with Crippen LogP contribution in [0.15, 0.2) is 41.3 Å². The maximum atomic E-state index is 13.0. The van der Waals surface area contributed by atoms with Gasteiger partial charge in [0, 0.05) is 37.6 Å². The number of hydrogen-bond donors (Lipinski definition) is 2. The Balaban J connectivity index is 1.56. The van der Waals surface area contributed by atoms with Crippen molar-refractivity contribution in [1.29, 1.82) is 0 Å². The third kappa shape index (κ3) is 4.22. The van der Waals surface area contributed by atoms with Gasteiger partial charge < -0.3 is 25.2 Å². The Morgan fingerprint density at radius 2 is 1.70 bits per heavy atom. The molecule has 3 aromatic rings. The fraction of sp³-hybridized carbons (Fsp3) is 0.286. The summed E-state index contributed by atoms with van der Waals surface area (Å²) < 4.78 is 38.0. The Morgan fingerprint density at radius 1 is 1.03 bits per heavy atom. The monoisotopic (exact) mass is 473 g/mol. The van der Waals surface area contributed by atoms with Gasteiger partial charge in [0.15, 0.2) is 11.5 Å². The molecule has 2 aromatic carbocycles. The number of carboxylic acid groups (broad SMARTS) is 1. The fourth-order valence-corrected chi connectivity index (χ4v) is 5.14. The van der Waals surface area contributed by atoms with E-state index in [-0.39, 0.29) is 29.4 Å². The number of benzene rings is 2. The summed E-state index contributed by atoms with van der Waals surface area (Å²) in [6.07, 6.45) is 0. The zero-order valence-corrected chi connectivity index (χ0v) is 18.9. The smallest absolute Gasteiger partial charge is 0.335 e. The van der Waals surface area contributed by atoms with E-state index in [4.69, 9.17) is 20.3 Å². The standard InChI is InChI=1S/C21H23N5O6S/c1-31-17-11-15-16(12-18(17)32-2)23-21(24-19(15)22)25-6-8-26(9-7-25)33(29,30)14-5-3-4-13(10-14)20(27)28/h3-5,10-12H,6-9H2,1-2H3,(H,27,28)(H2,22,23,24). The van der Waals surface area contributed by atoms with Crippen LogP contribution < -0.4 is 20.1 Å².